The molecule has 3 N–H and O–H groups in total. The average molecular weight is 212 g/mol. The summed E-state index contributed by atoms with van der Waals surface area (Å²) in [5.74, 6) is 0.0298. The third-order valence-electron chi connectivity index (χ3n) is 1.80. The molecule has 76 valence electrons. The summed E-state index contributed by atoms with van der Waals surface area (Å²) in [6.45, 7) is 2.28. The van der Waals surface area contributed by atoms with Crippen molar-refractivity contribution in [2.24, 2.45) is 11.7 Å². The van der Waals surface area contributed by atoms with Crippen LogP contribution in [0.15, 0.2) is 22.8 Å². The fraction of sp³-hybridized carbons (Fsp3) is 0.333. The Kier molecular flexibility index (Phi) is 3.64. The summed E-state index contributed by atoms with van der Waals surface area (Å²) in [7, 11) is 0. The molecule has 4 nitrogen and oxygen atoms in total. The Hall–Kier alpha value is -1.36. The Morgan fingerprint density at radius 1 is 1.79 bits per heavy atom. The number of hydrogen-bond acceptors (Lipinski definition) is 3. The van der Waals surface area contributed by atoms with Gasteiger partial charge in [0.15, 0.2) is 5.76 Å². The molecule has 1 amide bonds. The van der Waals surface area contributed by atoms with E-state index in [9.17, 15) is 4.79 Å². The molecule has 0 saturated heterocycles. The first-order valence-electron chi connectivity index (χ1n) is 4.22. The van der Waals surface area contributed by atoms with Gasteiger partial charge < -0.3 is 15.5 Å². The standard InChI is InChI=1S/C9H12N2O2S/c1-6(8(10)14)5-11-9(12)7-3-2-4-13-7/h2-4,6H,5H2,1H3,(H2,10,14)(H,11,12). The van der Waals surface area contributed by atoms with E-state index in [0.717, 1.165) is 0 Å². The van der Waals surface area contributed by atoms with Crippen molar-refractivity contribution in [2.75, 3.05) is 6.54 Å². The maximum absolute atomic E-state index is 11.3. The lowest BCUT2D eigenvalue weighted by Crippen LogP contribution is -2.33. The Balaban J connectivity index is 2.40. The van der Waals surface area contributed by atoms with Gasteiger partial charge in [0.05, 0.1) is 11.3 Å². The normalized spacial score (nSPS) is 12.1. The molecule has 0 aliphatic rings. The van der Waals surface area contributed by atoms with E-state index in [1.807, 2.05) is 6.92 Å². The third kappa shape index (κ3) is 2.85. The van der Waals surface area contributed by atoms with Crippen LogP contribution < -0.4 is 11.1 Å². The van der Waals surface area contributed by atoms with Crippen molar-refractivity contribution in [1.82, 2.24) is 5.32 Å². The zero-order chi connectivity index (χ0) is 10.6. The van der Waals surface area contributed by atoms with Gasteiger partial charge in [-0.15, -0.1) is 0 Å². The SMILES string of the molecule is CC(CNC(=O)c1ccco1)C(N)=S. The number of nitrogens with one attached hydrogen (secondary N) is 1. The van der Waals surface area contributed by atoms with Crippen molar-refractivity contribution in [3.63, 3.8) is 0 Å². The number of thiocarbonyl (C=S) groups is 1. The lowest BCUT2D eigenvalue weighted by atomic mass is 10.2. The summed E-state index contributed by atoms with van der Waals surface area (Å²) in [6, 6.07) is 3.26. The van der Waals surface area contributed by atoms with Crippen LogP contribution in [0.3, 0.4) is 0 Å². The minimum atomic E-state index is -0.252. The Morgan fingerprint density at radius 3 is 3.00 bits per heavy atom. The molecule has 5 heteroatoms. The molecule has 1 heterocycles. The van der Waals surface area contributed by atoms with Gasteiger partial charge in [0.25, 0.3) is 5.91 Å². The smallest absolute Gasteiger partial charge is 0.286 e. The average Bonchev–Trinajstić information content (AvgIpc) is 2.66. The van der Waals surface area contributed by atoms with E-state index in [4.69, 9.17) is 22.4 Å². The number of nitrogens with two attached hydrogens (primary N) is 1. The van der Waals surface area contributed by atoms with Crippen LogP contribution in [0.2, 0.25) is 0 Å². The summed E-state index contributed by atoms with van der Waals surface area (Å²) in [5.41, 5.74) is 5.40. The van der Waals surface area contributed by atoms with Crippen molar-refractivity contribution in [2.45, 2.75) is 6.92 Å². The number of carbonyl (C=O) groups is 1. The van der Waals surface area contributed by atoms with Gasteiger partial charge in [-0.25, -0.2) is 0 Å². The van der Waals surface area contributed by atoms with Gasteiger partial charge in [-0.2, -0.15) is 0 Å². The number of furan rings is 1. The van der Waals surface area contributed by atoms with Crippen LogP contribution >= 0.6 is 12.2 Å². The Bertz CT molecular complexity index is 322. The molecule has 0 fully saturated rings. The van der Waals surface area contributed by atoms with Crippen LogP contribution in [0.25, 0.3) is 0 Å². The van der Waals surface area contributed by atoms with Gasteiger partial charge in [0, 0.05) is 12.5 Å². The molecule has 0 aliphatic carbocycles. The van der Waals surface area contributed by atoms with Gasteiger partial charge in [-0.05, 0) is 12.1 Å². The van der Waals surface area contributed by atoms with Gasteiger partial charge in [0.2, 0.25) is 0 Å². The van der Waals surface area contributed by atoms with Gasteiger partial charge >= 0.3 is 0 Å². The molecule has 1 rings (SSSR count). The second kappa shape index (κ2) is 4.76. The van der Waals surface area contributed by atoms with Gasteiger partial charge in [-0.3, -0.25) is 4.79 Å². The number of rotatable bonds is 4. The van der Waals surface area contributed by atoms with Crippen LogP contribution in [-0.2, 0) is 0 Å². The highest BCUT2D eigenvalue weighted by atomic mass is 32.1. The van der Waals surface area contributed by atoms with Crippen molar-refractivity contribution in [1.29, 1.82) is 0 Å². The highest BCUT2D eigenvalue weighted by molar-refractivity contribution is 7.80. The quantitative estimate of drug-likeness (QED) is 0.729. The van der Waals surface area contributed by atoms with Crippen molar-refractivity contribution >= 4 is 23.1 Å². The molecule has 1 atom stereocenters. The molecule has 0 aromatic carbocycles. The largest absolute Gasteiger partial charge is 0.459 e. The Labute approximate surface area is 87.5 Å². The maximum atomic E-state index is 11.3. The predicted molar refractivity (Wildman–Crippen MR) is 57.0 cm³/mol. The molecule has 0 radical (unpaired) electrons. The van der Waals surface area contributed by atoms with Gasteiger partial charge in [-0.1, -0.05) is 19.1 Å². The molecule has 14 heavy (non-hydrogen) atoms. The highest BCUT2D eigenvalue weighted by Gasteiger charge is 2.10. The van der Waals surface area contributed by atoms with Crippen LogP contribution in [0.4, 0.5) is 0 Å². The second-order valence-electron chi connectivity index (χ2n) is 2.99. The first-order valence-corrected chi connectivity index (χ1v) is 4.63. The molecule has 1 aromatic heterocycles. The fourth-order valence-electron chi connectivity index (χ4n) is 0.841. The molecule has 0 bridgehead atoms. The van der Waals surface area contributed by atoms with E-state index in [1.54, 1.807) is 12.1 Å². The lowest BCUT2D eigenvalue weighted by Gasteiger charge is -2.09. The van der Waals surface area contributed by atoms with E-state index in [-0.39, 0.29) is 11.8 Å². The lowest BCUT2D eigenvalue weighted by molar-refractivity contribution is 0.0923. The van der Waals surface area contributed by atoms with E-state index in [2.05, 4.69) is 5.32 Å². The van der Waals surface area contributed by atoms with Crippen LogP contribution in [0, 0.1) is 5.92 Å². The van der Waals surface area contributed by atoms with Crippen molar-refractivity contribution < 1.29 is 9.21 Å². The van der Waals surface area contributed by atoms with Crippen LogP contribution in [0.1, 0.15) is 17.5 Å². The van der Waals surface area contributed by atoms with E-state index in [0.29, 0.717) is 17.3 Å². The van der Waals surface area contributed by atoms with E-state index in [1.165, 1.54) is 6.26 Å². The second-order valence-corrected chi connectivity index (χ2v) is 3.46. The molecule has 0 aliphatic heterocycles. The fourth-order valence-corrected chi connectivity index (χ4v) is 0.925. The number of carbonyl (C=O) groups excluding carboxylic acids is 1. The van der Waals surface area contributed by atoms with Crippen LogP contribution in [0.5, 0.6) is 0 Å². The first kappa shape index (κ1) is 10.7. The zero-order valence-electron chi connectivity index (χ0n) is 7.82. The molecular weight excluding hydrogens is 200 g/mol. The van der Waals surface area contributed by atoms with Gasteiger partial charge in [0.1, 0.15) is 0 Å². The predicted octanol–water partition coefficient (Wildman–Crippen LogP) is 0.932. The molecule has 1 aromatic rings. The summed E-state index contributed by atoms with van der Waals surface area (Å²) in [5, 5.41) is 2.67. The zero-order valence-corrected chi connectivity index (χ0v) is 8.64. The van der Waals surface area contributed by atoms with E-state index >= 15 is 0 Å². The molecular formula is C9H12N2O2S. The topological polar surface area (TPSA) is 68.3 Å². The first-order chi connectivity index (χ1) is 6.61. The molecule has 0 saturated carbocycles. The molecule has 1 unspecified atom stereocenters. The summed E-state index contributed by atoms with van der Waals surface area (Å²) < 4.78 is 4.91. The van der Waals surface area contributed by atoms with E-state index < -0.39 is 0 Å². The Morgan fingerprint density at radius 2 is 2.50 bits per heavy atom. The highest BCUT2D eigenvalue weighted by Crippen LogP contribution is 2.00. The molecule has 0 spiro atoms. The summed E-state index contributed by atoms with van der Waals surface area (Å²) >= 11 is 4.77. The number of amides is 1. The maximum Gasteiger partial charge on any atom is 0.286 e. The van der Waals surface area contributed by atoms with Crippen LogP contribution in [-0.4, -0.2) is 17.4 Å². The summed E-state index contributed by atoms with van der Waals surface area (Å²) in [4.78, 5) is 11.7. The number of hydrogen-bond donors (Lipinski definition) is 2. The monoisotopic (exact) mass is 212 g/mol. The van der Waals surface area contributed by atoms with Crippen molar-refractivity contribution in [3.8, 4) is 0 Å². The summed E-state index contributed by atoms with van der Waals surface area (Å²) in [6.07, 6.45) is 1.45. The third-order valence-corrected chi connectivity index (χ3v) is 2.20. The van der Waals surface area contributed by atoms with Crippen molar-refractivity contribution in [3.05, 3.63) is 24.2 Å². The minimum absolute atomic E-state index is 0.0103. The minimum Gasteiger partial charge on any atom is -0.459 e.